The molecule has 0 heterocycles. The first-order valence-corrected chi connectivity index (χ1v) is 12.7. The summed E-state index contributed by atoms with van der Waals surface area (Å²) in [6, 6.07) is 25.2. The van der Waals surface area contributed by atoms with E-state index in [1.807, 2.05) is 88.4 Å². The quantitative estimate of drug-likeness (QED) is 0.241. The Balaban J connectivity index is 1.57. The van der Waals surface area contributed by atoms with Gasteiger partial charge in [-0.1, -0.05) is 84.9 Å². The summed E-state index contributed by atoms with van der Waals surface area (Å²) in [4.78, 5) is 25.2. The van der Waals surface area contributed by atoms with Crippen LogP contribution in [0.1, 0.15) is 62.2 Å². The van der Waals surface area contributed by atoms with E-state index in [1.54, 1.807) is 24.3 Å². The average molecular weight is 519 g/mol. The van der Waals surface area contributed by atoms with Gasteiger partial charge in [0.25, 0.3) is 0 Å². The smallest absolute Gasteiger partial charge is 0.315 e. The molecule has 0 aliphatic rings. The van der Waals surface area contributed by atoms with Gasteiger partial charge >= 0.3 is 12.1 Å². The Labute approximate surface area is 224 Å². The number of hydrogen-bond acceptors (Lipinski definition) is 4. The topological polar surface area (TPSA) is 123 Å². The average Bonchev–Trinajstić information content (AvgIpc) is 2.91. The lowest BCUT2D eigenvalue weighted by atomic mass is 9.87. The Bertz CT molecular complexity index is 1110. The van der Waals surface area contributed by atoms with Gasteiger partial charge in [-0.15, -0.1) is 0 Å². The van der Waals surface area contributed by atoms with Gasteiger partial charge in [0.15, 0.2) is 0 Å². The van der Waals surface area contributed by atoms with Crippen molar-refractivity contribution < 1.29 is 19.8 Å². The maximum Gasteiger partial charge on any atom is 0.315 e. The van der Waals surface area contributed by atoms with Gasteiger partial charge in [-0.3, -0.25) is 0 Å². The number of carbonyl (C=O) groups excluding carboxylic acids is 2. The second kappa shape index (κ2) is 12.6. The first kappa shape index (κ1) is 28.7. The Morgan fingerprint density at radius 2 is 1.00 bits per heavy atom. The van der Waals surface area contributed by atoms with Crippen LogP contribution in [0, 0.1) is 0 Å². The lowest BCUT2D eigenvalue weighted by Crippen LogP contribution is -2.48. The van der Waals surface area contributed by atoms with Gasteiger partial charge in [0.05, 0.1) is 23.3 Å². The van der Waals surface area contributed by atoms with Crippen molar-refractivity contribution in [3.8, 4) is 0 Å². The number of aliphatic hydroxyl groups is 2. The predicted octanol–water partition coefficient (Wildman–Crippen LogP) is 4.22. The molecule has 0 aliphatic carbocycles. The van der Waals surface area contributed by atoms with Gasteiger partial charge in [0.1, 0.15) is 0 Å². The van der Waals surface area contributed by atoms with Gasteiger partial charge in [-0.2, -0.15) is 0 Å². The van der Waals surface area contributed by atoms with Crippen LogP contribution < -0.4 is 21.3 Å². The van der Waals surface area contributed by atoms with Gasteiger partial charge in [0, 0.05) is 13.1 Å². The van der Waals surface area contributed by atoms with Gasteiger partial charge in [-0.25, -0.2) is 9.59 Å². The molecule has 0 bridgehead atoms. The highest BCUT2D eigenvalue weighted by Gasteiger charge is 2.28. The third-order valence-corrected chi connectivity index (χ3v) is 6.44. The second-order valence-electron chi connectivity index (χ2n) is 10.4. The van der Waals surface area contributed by atoms with Crippen LogP contribution in [0.2, 0.25) is 0 Å². The molecule has 0 saturated heterocycles. The summed E-state index contributed by atoms with van der Waals surface area (Å²) < 4.78 is 0. The fourth-order valence-corrected chi connectivity index (χ4v) is 4.06. The third kappa shape index (κ3) is 8.06. The normalized spacial score (nSPS) is 13.2. The van der Waals surface area contributed by atoms with Crippen LogP contribution in [0.3, 0.4) is 0 Å². The summed E-state index contributed by atoms with van der Waals surface area (Å²) in [5, 5.41) is 32.0. The lowest BCUT2D eigenvalue weighted by molar-refractivity contribution is 0.171. The van der Waals surface area contributed by atoms with Crippen molar-refractivity contribution in [1.82, 2.24) is 21.3 Å². The first-order valence-electron chi connectivity index (χ1n) is 12.7. The van der Waals surface area contributed by atoms with Crippen molar-refractivity contribution in [2.24, 2.45) is 0 Å². The number of urea groups is 2. The van der Waals surface area contributed by atoms with E-state index in [4.69, 9.17) is 0 Å². The number of nitrogens with one attached hydrogen (secondary N) is 4. The molecule has 8 heteroatoms. The molecule has 3 aromatic rings. The zero-order valence-corrected chi connectivity index (χ0v) is 22.4. The van der Waals surface area contributed by atoms with E-state index < -0.39 is 35.3 Å². The Kier molecular flexibility index (Phi) is 9.50. The molecule has 202 valence electrons. The minimum atomic E-state index is -0.805. The summed E-state index contributed by atoms with van der Waals surface area (Å²) in [7, 11) is 0. The standard InChI is InChI=1S/C30H38N4O4/c1-29(2,33-27(37)31-19-25(35)21-12-7-5-8-13-21)23-16-11-17-24(18-23)30(3,4)34-28(38)32-20-26(36)22-14-9-6-10-15-22/h5-18,25-26,35-36H,19-20H2,1-4H3,(H2,31,33,37)(H2,32,34,38). The number of amides is 4. The SMILES string of the molecule is CC(C)(NC(=O)NCC(O)c1ccccc1)c1cccc(C(C)(C)NC(=O)NCC(O)c2ccccc2)c1. The Morgan fingerprint density at radius 1 is 0.632 bits per heavy atom. The first-order chi connectivity index (χ1) is 18.0. The van der Waals surface area contributed by atoms with Crippen LogP contribution in [-0.2, 0) is 11.1 Å². The highest BCUT2D eigenvalue weighted by atomic mass is 16.3. The van der Waals surface area contributed by atoms with Crippen molar-refractivity contribution in [3.63, 3.8) is 0 Å². The number of aliphatic hydroxyl groups excluding tert-OH is 2. The largest absolute Gasteiger partial charge is 0.387 e. The summed E-state index contributed by atoms with van der Waals surface area (Å²) in [6.07, 6.45) is -1.61. The van der Waals surface area contributed by atoms with Crippen LogP contribution >= 0.6 is 0 Å². The molecular formula is C30H38N4O4. The van der Waals surface area contributed by atoms with Crippen LogP contribution in [0.4, 0.5) is 9.59 Å². The van der Waals surface area contributed by atoms with E-state index in [0.717, 1.165) is 22.3 Å². The van der Waals surface area contributed by atoms with Crippen LogP contribution in [-0.4, -0.2) is 35.4 Å². The molecule has 2 unspecified atom stereocenters. The van der Waals surface area contributed by atoms with Crippen molar-refractivity contribution in [2.75, 3.05) is 13.1 Å². The number of hydrogen-bond donors (Lipinski definition) is 6. The van der Waals surface area contributed by atoms with E-state index in [-0.39, 0.29) is 13.1 Å². The lowest BCUT2D eigenvalue weighted by Gasteiger charge is -2.31. The minimum absolute atomic E-state index is 0.0804. The van der Waals surface area contributed by atoms with E-state index in [2.05, 4.69) is 21.3 Å². The van der Waals surface area contributed by atoms with E-state index in [0.29, 0.717) is 0 Å². The molecule has 38 heavy (non-hydrogen) atoms. The third-order valence-electron chi connectivity index (χ3n) is 6.44. The van der Waals surface area contributed by atoms with E-state index in [9.17, 15) is 19.8 Å². The number of carbonyl (C=O) groups is 2. The monoisotopic (exact) mass is 518 g/mol. The molecule has 8 nitrogen and oxygen atoms in total. The van der Waals surface area contributed by atoms with Crippen LogP contribution in [0.15, 0.2) is 84.9 Å². The zero-order chi connectivity index (χ0) is 27.8. The van der Waals surface area contributed by atoms with Gasteiger partial charge in [0.2, 0.25) is 0 Å². The molecule has 6 N–H and O–H groups in total. The second-order valence-corrected chi connectivity index (χ2v) is 10.4. The molecule has 0 spiro atoms. The highest BCUT2D eigenvalue weighted by Crippen LogP contribution is 2.26. The highest BCUT2D eigenvalue weighted by molar-refractivity contribution is 5.75. The zero-order valence-electron chi connectivity index (χ0n) is 22.4. The van der Waals surface area contributed by atoms with Crippen LogP contribution in [0.25, 0.3) is 0 Å². The van der Waals surface area contributed by atoms with Gasteiger partial charge < -0.3 is 31.5 Å². The molecule has 0 saturated carbocycles. The summed E-state index contributed by atoms with van der Waals surface area (Å²) in [5.41, 5.74) is 1.71. The van der Waals surface area contributed by atoms with E-state index in [1.165, 1.54) is 0 Å². The van der Waals surface area contributed by atoms with Gasteiger partial charge in [-0.05, 0) is 49.9 Å². The summed E-state index contributed by atoms with van der Waals surface area (Å²) in [6.45, 7) is 7.71. The molecule has 3 rings (SSSR count). The number of rotatable bonds is 10. The molecule has 2 atom stereocenters. The van der Waals surface area contributed by atoms with Crippen molar-refractivity contribution in [2.45, 2.75) is 51.0 Å². The van der Waals surface area contributed by atoms with E-state index >= 15 is 0 Å². The fourth-order valence-electron chi connectivity index (χ4n) is 4.06. The molecule has 0 radical (unpaired) electrons. The number of benzene rings is 3. The maximum atomic E-state index is 12.6. The summed E-state index contributed by atoms with van der Waals surface area (Å²) >= 11 is 0. The van der Waals surface area contributed by atoms with Crippen molar-refractivity contribution in [1.29, 1.82) is 0 Å². The maximum absolute atomic E-state index is 12.6. The van der Waals surface area contributed by atoms with Crippen LogP contribution in [0.5, 0.6) is 0 Å². The van der Waals surface area contributed by atoms with Crippen molar-refractivity contribution >= 4 is 12.1 Å². The molecular weight excluding hydrogens is 480 g/mol. The molecule has 3 aromatic carbocycles. The molecule has 0 aromatic heterocycles. The predicted molar refractivity (Wildman–Crippen MR) is 148 cm³/mol. The van der Waals surface area contributed by atoms with Crippen molar-refractivity contribution in [3.05, 3.63) is 107 Å². The minimum Gasteiger partial charge on any atom is -0.387 e. The molecule has 4 amide bonds. The molecule has 0 aliphatic heterocycles. The Hall–Kier alpha value is -3.88. The fraction of sp³-hybridized carbons (Fsp3) is 0.333. The Morgan fingerprint density at radius 3 is 1.37 bits per heavy atom. The molecule has 0 fully saturated rings. The summed E-state index contributed by atoms with van der Waals surface area (Å²) in [5.74, 6) is 0.